The van der Waals surface area contributed by atoms with Crippen LogP contribution in [0.1, 0.15) is 74.8 Å². The van der Waals surface area contributed by atoms with Crippen LogP contribution < -0.4 is 0 Å². The third-order valence-corrected chi connectivity index (χ3v) is 7.44. The molecule has 0 aliphatic heterocycles. The first kappa shape index (κ1) is 21.5. The van der Waals surface area contributed by atoms with Gasteiger partial charge in [0.15, 0.2) is 12.3 Å². The van der Waals surface area contributed by atoms with E-state index in [0.29, 0.717) is 28.5 Å². The Morgan fingerprint density at radius 3 is 2.27 bits per heavy atom. The average Bonchev–Trinajstić information content (AvgIpc) is 2.78. The molecule has 0 nitrogen and oxygen atoms in total. The number of allylic oxidation sites excluding steroid dienone is 6. The molecule has 0 amide bonds. The summed E-state index contributed by atoms with van der Waals surface area (Å²) >= 11 is 0. The molecule has 162 valence electrons. The Hall–Kier alpha value is -1.77. The van der Waals surface area contributed by atoms with Crippen molar-refractivity contribution in [1.82, 2.24) is 0 Å². The average molecular weight is 415 g/mol. The lowest BCUT2D eigenvalue weighted by molar-refractivity contribution is 0.204. The van der Waals surface area contributed by atoms with Crippen molar-refractivity contribution in [1.29, 1.82) is 0 Å². The van der Waals surface area contributed by atoms with Gasteiger partial charge in [-0.25, -0.2) is 13.2 Å². The molecule has 1 aromatic rings. The maximum atomic E-state index is 14.8. The van der Waals surface area contributed by atoms with Crippen LogP contribution in [0.25, 0.3) is 0 Å². The Labute approximate surface area is 179 Å². The van der Waals surface area contributed by atoms with Gasteiger partial charge in [-0.15, -0.1) is 0 Å². The minimum absolute atomic E-state index is 0.130. The Balaban J connectivity index is 1.35. The molecule has 0 N–H and O–H groups in total. The minimum atomic E-state index is -1.55. The van der Waals surface area contributed by atoms with Crippen LogP contribution in [0.3, 0.4) is 0 Å². The van der Waals surface area contributed by atoms with E-state index >= 15 is 0 Å². The second kappa shape index (κ2) is 9.58. The van der Waals surface area contributed by atoms with E-state index in [1.807, 2.05) is 24.3 Å². The zero-order chi connectivity index (χ0) is 21.1. The summed E-state index contributed by atoms with van der Waals surface area (Å²) in [5.41, 5.74) is 2.90. The van der Waals surface area contributed by atoms with Gasteiger partial charge < -0.3 is 0 Å². The topological polar surface area (TPSA) is 0 Å². The molecule has 0 radical (unpaired) electrons. The lowest BCUT2D eigenvalue weighted by Gasteiger charge is -2.30. The van der Waals surface area contributed by atoms with E-state index in [1.165, 1.54) is 6.42 Å². The summed E-state index contributed by atoms with van der Waals surface area (Å²) in [5.74, 6) is 0.861. The molecule has 0 heterocycles. The van der Waals surface area contributed by atoms with Crippen LogP contribution >= 0.6 is 0 Å². The highest BCUT2D eigenvalue weighted by molar-refractivity contribution is 5.39. The zero-order valence-corrected chi connectivity index (χ0v) is 17.9. The smallest absolute Gasteiger partial charge is 0.160 e. The van der Waals surface area contributed by atoms with E-state index < -0.39 is 12.3 Å². The summed E-state index contributed by atoms with van der Waals surface area (Å²) in [5, 5.41) is 0. The maximum absolute atomic E-state index is 14.8. The van der Waals surface area contributed by atoms with E-state index in [2.05, 4.69) is 6.08 Å². The summed E-state index contributed by atoms with van der Waals surface area (Å²) in [6.45, 7) is 1.79. The van der Waals surface area contributed by atoms with E-state index in [-0.39, 0.29) is 11.7 Å². The fourth-order valence-electron chi connectivity index (χ4n) is 5.41. The summed E-state index contributed by atoms with van der Waals surface area (Å²) < 4.78 is 43.4. The van der Waals surface area contributed by atoms with E-state index in [4.69, 9.17) is 0 Å². The highest BCUT2D eigenvalue weighted by Gasteiger charge is 2.34. The number of hydrogen-bond donors (Lipinski definition) is 0. The van der Waals surface area contributed by atoms with Crippen LogP contribution in [-0.2, 0) is 0 Å². The summed E-state index contributed by atoms with van der Waals surface area (Å²) in [6.07, 6.45) is 13.9. The largest absolute Gasteiger partial charge is 0.239 e. The van der Waals surface area contributed by atoms with E-state index in [1.54, 1.807) is 19.1 Å². The molecular weight excluding hydrogens is 381 g/mol. The normalized spacial score (nSPS) is 30.9. The molecular formula is C27H33F3. The van der Waals surface area contributed by atoms with Gasteiger partial charge in [-0.3, -0.25) is 0 Å². The monoisotopic (exact) mass is 414 g/mol. The Morgan fingerprint density at radius 1 is 0.833 bits per heavy atom. The molecule has 0 aromatic heterocycles. The van der Waals surface area contributed by atoms with E-state index in [0.717, 1.165) is 56.9 Å². The Kier molecular flexibility index (Phi) is 6.85. The number of benzene rings is 1. The fraction of sp³-hybridized carbons (Fsp3) is 0.556. The predicted molar refractivity (Wildman–Crippen MR) is 118 cm³/mol. The van der Waals surface area contributed by atoms with Crippen molar-refractivity contribution >= 4 is 0 Å². The number of rotatable bonds is 4. The van der Waals surface area contributed by atoms with Gasteiger partial charge in [-0.2, -0.15) is 0 Å². The third kappa shape index (κ3) is 4.76. The van der Waals surface area contributed by atoms with Crippen molar-refractivity contribution in [2.75, 3.05) is 0 Å². The SMILES string of the molecule is Cc1ccc(C2CCC(/C=C/C3=CC=C(C4CCCCC4)C(F)C3F)CC2)cc1F. The Bertz CT molecular complexity index is 821. The predicted octanol–water partition coefficient (Wildman–Crippen LogP) is 8.09. The zero-order valence-electron chi connectivity index (χ0n) is 17.9. The first-order chi connectivity index (χ1) is 14.5. The van der Waals surface area contributed by atoms with Gasteiger partial charge in [0, 0.05) is 0 Å². The highest BCUT2D eigenvalue weighted by atomic mass is 19.2. The molecule has 30 heavy (non-hydrogen) atoms. The van der Waals surface area contributed by atoms with Gasteiger partial charge in [-0.05, 0) is 91.5 Å². The lowest BCUT2D eigenvalue weighted by atomic mass is 9.77. The van der Waals surface area contributed by atoms with Crippen molar-refractivity contribution in [2.45, 2.75) is 83.0 Å². The molecule has 0 bridgehead atoms. The van der Waals surface area contributed by atoms with Crippen molar-refractivity contribution in [3.05, 3.63) is 70.6 Å². The molecule has 2 atom stereocenters. The van der Waals surface area contributed by atoms with Crippen molar-refractivity contribution in [3.63, 3.8) is 0 Å². The van der Waals surface area contributed by atoms with Crippen molar-refractivity contribution in [3.8, 4) is 0 Å². The molecule has 2 unspecified atom stereocenters. The summed E-state index contributed by atoms with van der Waals surface area (Å²) in [7, 11) is 0. The quantitative estimate of drug-likeness (QED) is 0.467. The number of aryl methyl sites for hydroxylation is 1. The molecule has 2 saturated carbocycles. The molecule has 3 aliphatic rings. The lowest BCUT2D eigenvalue weighted by Crippen LogP contribution is -2.28. The molecule has 1 aromatic carbocycles. The van der Waals surface area contributed by atoms with Crippen molar-refractivity contribution < 1.29 is 13.2 Å². The van der Waals surface area contributed by atoms with Crippen LogP contribution in [-0.4, -0.2) is 12.3 Å². The minimum Gasteiger partial charge on any atom is -0.239 e. The maximum Gasteiger partial charge on any atom is 0.160 e. The van der Waals surface area contributed by atoms with Gasteiger partial charge in [0.25, 0.3) is 0 Å². The number of halogens is 3. The van der Waals surface area contributed by atoms with Gasteiger partial charge in [0.2, 0.25) is 0 Å². The van der Waals surface area contributed by atoms with Gasteiger partial charge >= 0.3 is 0 Å². The molecule has 0 saturated heterocycles. The first-order valence-electron chi connectivity index (χ1n) is 11.7. The van der Waals surface area contributed by atoms with Crippen LogP contribution in [0, 0.1) is 24.6 Å². The molecule has 0 spiro atoms. The number of hydrogen-bond acceptors (Lipinski definition) is 0. The van der Waals surface area contributed by atoms with Crippen molar-refractivity contribution in [2.24, 2.45) is 11.8 Å². The van der Waals surface area contributed by atoms with Gasteiger partial charge in [0.1, 0.15) is 5.82 Å². The fourth-order valence-corrected chi connectivity index (χ4v) is 5.41. The van der Waals surface area contributed by atoms with E-state index in [9.17, 15) is 13.2 Å². The molecule has 3 heteroatoms. The van der Waals surface area contributed by atoms with Crippen LogP contribution in [0.2, 0.25) is 0 Å². The van der Waals surface area contributed by atoms with Gasteiger partial charge in [0.05, 0.1) is 0 Å². The Morgan fingerprint density at radius 2 is 1.57 bits per heavy atom. The van der Waals surface area contributed by atoms with Gasteiger partial charge in [-0.1, -0.05) is 55.7 Å². The standard InChI is InChI=1S/C27H33F3/c1-18-7-11-23(17-25(18)28)20-12-8-19(9-13-20)10-14-22-15-16-24(27(30)26(22)29)21-5-3-2-4-6-21/h7,10-11,14-17,19-21,26-27H,2-6,8-9,12-13H2,1H3/b14-10+. The molecule has 4 rings (SSSR count). The van der Waals surface area contributed by atoms with Crippen LogP contribution in [0.4, 0.5) is 13.2 Å². The first-order valence-corrected chi connectivity index (χ1v) is 11.7. The van der Waals surface area contributed by atoms with Crippen LogP contribution in [0.15, 0.2) is 53.6 Å². The molecule has 2 fully saturated rings. The van der Waals surface area contributed by atoms with Crippen LogP contribution in [0.5, 0.6) is 0 Å². The second-order valence-corrected chi connectivity index (χ2v) is 9.45. The second-order valence-electron chi connectivity index (χ2n) is 9.45. The molecule has 3 aliphatic carbocycles. The summed E-state index contributed by atoms with van der Waals surface area (Å²) in [6, 6.07) is 5.57. The highest BCUT2D eigenvalue weighted by Crippen LogP contribution is 2.39. The third-order valence-electron chi connectivity index (χ3n) is 7.44. The number of alkyl halides is 2. The summed E-state index contributed by atoms with van der Waals surface area (Å²) in [4.78, 5) is 0.